The lowest BCUT2D eigenvalue weighted by Gasteiger charge is -2.32. The second-order valence-corrected chi connectivity index (χ2v) is 12.2. The first-order valence-corrected chi connectivity index (χ1v) is 15.4. The van der Waals surface area contributed by atoms with Crippen molar-refractivity contribution < 1.29 is 4.39 Å². The van der Waals surface area contributed by atoms with E-state index >= 15 is 4.39 Å². The van der Waals surface area contributed by atoms with Gasteiger partial charge in [-0.1, -0.05) is 121 Å². The van der Waals surface area contributed by atoms with Crippen LogP contribution in [0.2, 0.25) is 0 Å². The van der Waals surface area contributed by atoms with Crippen molar-refractivity contribution in [2.24, 2.45) is 17.8 Å². The third-order valence-electron chi connectivity index (χ3n) is 9.57. The Morgan fingerprint density at radius 2 is 1.26 bits per heavy atom. The Hall–Kier alpha value is -1.37. The molecule has 0 saturated heterocycles. The Labute approximate surface area is 215 Å². The van der Waals surface area contributed by atoms with Gasteiger partial charge < -0.3 is 0 Å². The largest absolute Gasteiger partial charge is 0.206 e. The number of aryl methyl sites for hydroxylation is 1. The summed E-state index contributed by atoms with van der Waals surface area (Å²) in [4.78, 5) is 0. The van der Waals surface area contributed by atoms with Crippen LogP contribution in [0.4, 0.5) is 4.39 Å². The zero-order chi connectivity index (χ0) is 24.5. The van der Waals surface area contributed by atoms with Gasteiger partial charge in [-0.15, -0.1) is 0 Å². The Morgan fingerprint density at radius 1 is 0.657 bits per heavy atom. The first kappa shape index (κ1) is 26.7. The minimum Gasteiger partial charge on any atom is -0.206 e. The summed E-state index contributed by atoms with van der Waals surface area (Å²) in [6, 6.07) is 10.7. The summed E-state index contributed by atoms with van der Waals surface area (Å²) in [7, 11) is 0. The number of fused-ring (bicyclic) bond motifs is 1. The first-order valence-electron chi connectivity index (χ1n) is 15.4. The van der Waals surface area contributed by atoms with Crippen LogP contribution < -0.4 is 0 Å². The van der Waals surface area contributed by atoms with Gasteiger partial charge in [-0.3, -0.25) is 0 Å². The highest BCUT2D eigenvalue weighted by atomic mass is 19.1. The predicted molar refractivity (Wildman–Crippen MR) is 151 cm³/mol. The zero-order valence-corrected chi connectivity index (χ0v) is 22.8. The van der Waals surface area contributed by atoms with E-state index in [2.05, 4.69) is 38.1 Å². The molecule has 2 aromatic carbocycles. The molecular formula is C34H51F. The zero-order valence-electron chi connectivity index (χ0n) is 22.8. The quantitative estimate of drug-likeness (QED) is 0.266. The smallest absolute Gasteiger partial charge is 0.134 e. The molecule has 35 heavy (non-hydrogen) atoms. The van der Waals surface area contributed by atoms with Gasteiger partial charge in [0, 0.05) is 5.39 Å². The number of halogens is 1. The van der Waals surface area contributed by atoms with Gasteiger partial charge in [-0.2, -0.15) is 0 Å². The van der Waals surface area contributed by atoms with Gasteiger partial charge in [0.2, 0.25) is 0 Å². The summed E-state index contributed by atoms with van der Waals surface area (Å²) < 4.78 is 15.5. The monoisotopic (exact) mass is 478 g/mol. The number of hydrogen-bond acceptors (Lipinski definition) is 0. The van der Waals surface area contributed by atoms with Crippen LogP contribution in [0, 0.1) is 23.6 Å². The number of rotatable bonds is 12. The molecule has 2 saturated carbocycles. The lowest BCUT2D eigenvalue weighted by molar-refractivity contribution is 0.222. The summed E-state index contributed by atoms with van der Waals surface area (Å²) >= 11 is 0. The maximum absolute atomic E-state index is 15.5. The van der Waals surface area contributed by atoms with Gasteiger partial charge in [0.25, 0.3) is 0 Å². The van der Waals surface area contributed by atoms with E-state index in [1.54, 1.807) is 0 Å². The average molecular weight is 479 g/mol. The van der Waals surface area contributed by atoms with Crippen LogP contribution in [0.15, 0.2) is 30.3 Å². The molecule has 194 valence electrons. The fourth-order valence-corrected chi connectivity index (χ4v) is 7.13. The minimum absolute atomic E-state index is 0.0572. The molecule has 0 atom stereocenters. The molecule has 0 spiro atoms. The van der Waals surface area contributed by atoms with Gasteiger partial charge >= 0.3 is 0 Å². The van der Waals surface area contributed by atoms with Crippen molar-refractivity contribution in [1.82, 2.24) is 0 Å². The maximum Gasteiger partial charge on any atom is 0.134 e. The molecule has 0 amide bonds. The topological polar surface area (TPSA) is 0 Å². The molecule has 4 rings (SSSR count). The van der Waals surface area contributed by atoms with Crippen LogP contribution >= 0.6 is 0 Å². The molecule has 0 aromatic heterocycles. The van der Waals surface area contributed by atoms with E-state index in [0.29, 0.717) is 5.92 Å². The van der Waals surface area contributed by atoms with Gasteiger partial charge in [0.05, 0.1) is 0 Å². The lowest BCUT2D eigenvalue weighted by atomic mass is 9.73. The fourth-order valence-electron chi connectivity index (χ4n) is 7.13. The summed E-state index contributed by atoms with van der Waals surface area (Å²) in [5, 5.41) is 1.91. The van der Waals surface area contributed by atoms with E-state index in [4.69, 9.17) is 0 Å². The summed E-state index contributed by atoms with van der Waals surface area (Å²) in [6.45, 7) is 4.55. The van der Waals surface area contributed by atoms with Crippen molar-refractivity contribution in [3.8, 4) is 0 Å². The minimum atomic E-state index is 0.0572. The molecule has 0 nitrogen and oxygen atoms in total. The number of benzene rings is 2. The van der Waals surface area contributed by atoms with Crippen molar-refractivity contribution in [2.75, 3.05) is 0 Å². The average Bonchev–Trinajstić information content (AvgIpc) is 2.89. The van der Waals surface area contributed by atoms with E-state index in [1.807, 2.05) is 6.07 Å². The number of hydrogen-bond donors (Lipinski definition) is 0. The van der Waals surface area contributed by atoms with Crippen molar-refractivity contribution in [3.05, 3.63) is 47.3 Å². The fraction of sp³-hybridized carbons (Fsp3) is 0.706. The van der Waals surface area contributed by atoms with Crippen LogP contribution in [-0.2, 0) is 6.42 Å². The van der Waals surface area contributed by atoms with E-state index in [-0.39, 0.29) is 5.82 Å². The molecular weight excluding hydrogens is 427 g/mol. The Morgan fingerprint density at radius 3 is 1.91 bits per heavy atom. The Balaban J connectivity index is 1.22. The summed E-state index contributed by atoms with van der Waals surface area (Å²) in [5.41, 5.74) is 2.33. The molecule has 2 fully saturated rings. The van der Waals surface area contributed by atoms with Crippen molar-refractivity contribution in [3.63, 3.8) is 0 Å². The van der Waals surface area contributed by atoms with Crippen LogP contribution in [0.25, 0.3) is 10.8 Å². The second kappa shape index (κ2) is 13.8. The third kappa shape index (κ3) is 7.56. The molecule has 0 unspecified atom stereocenters. The van der Waals surface area contributed by atoms with Crippen LogP contribution in [0.5, 0.6) is 0 Å². The van der Waals surface area contributed by atoms with Crippen molar-refractivity contribution in [2.45, 2.75) is 135 Å². The van der Waals surface area contributed by atoms with E-state index < -0.39 is 0 Å². The first-order chi connectivity index (χ1) is 17.2. The molecule has 0 N–H and O–H groups in total. The van der Waals surface area contributed by atoms with Crippen LogP contribution in [0.3, 0.4) is 0 Å². The van der Waals surface area contributed by atoms with Gasteiger partial charge in [0.15, 0.2) is 0 Å². The molecule has 0 heterocycles. The highest BCUT2D eigenvalue weighted by Crippen LogP contribution is 2.41. The van der Waals surface area contributed by atoms with E-state index in [9.17, 15) is 0 Å². The molecule has 1 heteroatoms. The molecule has 2 aromatic rings. The van der Waals surface area contributed by atoms with Gasteiger partial charge in [0.1, 0.15) is 5.82 Å². The standard InChI is InChI=1S/C34H51F/c1-3-5-7-9-26-11-13-27(14-12-26)15-16-28-17-20-30(21-18-28)32-24-22-31-25-29(10-8-6-4-2)19-23-33(31)34(32)35/h19,22-28,30H,3-18,20-21H2,1-2H3. The normalized spacial score (nSPS) is 25.2. The van der Waals surface area contributed by atoms with Crippen molar-refractivity contribution in [1.29, 1.82) is 0 Å². The van der Waals surface area contributed by atoms with E-state index in [1.165, 1.54) is 115 Å². The van der Waals surface area contributed by atoms with Crippen LogP contribution in [0.1, 0.15) is 140 Å². The molecule has 0 radical (unpaired) electrons. The molecule has 2 aliphatic carbocycles. The highest BCUT2D eigenvalue weighted by molar-refractivity contribution is 5.84. The third-order valence-corrected chi connectivity index (χ3v) is 9.57. The Bertz CT molecular complexity index is 883. The second-order valence-electron chi connectivity index (χ2n) is 12.2. The lowest BCUT2D eigenvalue weighted by Crippen LogP contribution is -2.18. The van der Waals surface area contributed by atoms with Crippen LogP contribution in [-0.4, -0.2) is 0 Å². The molecule has 2 aliphatic rings. The van der Waals surface area contributed by atoms with Crippen molar-refractivity contribution >= 4 is 10.8 Å². The molecule has 0 bridgehead atoms. The number of unbranched alkanes of at least 4 members (excludes halogenated alkanes) is 4. The van der Waals surface area contributed by atoms with Gasteiger partial charge in [-0.05, 0) is 78.7 Å². The maximum atomic E-state index is 15.5. The predicted octanol–water partition coefficient (Wildman–Crippen LogP) is 11.2. The van der Waals surface area contributed by atoms with Gasteiger partial charge in [-0.25, -0.2) is 4.39 Å². The SMILES string of the molecule is CCCCCc1ccc2c(F)c(C3CCC(CCC4CCC(CCCCC)CC4)CC3)ccc2c1. The van der Waals surface area contributed by atoms with E-state index in [0.717, 1.165) is 40.5 Å². The molecule has 0 aliphatic heterocycles. The summed E-state index contributed by atoms with van der Waals surface area (Å²) in [6.07, 6.45) is 24.3. The highest BCUT2D eigenvalue weighted by Gasteiger charge is 2.27. The summed E-state index contributed by atoms with van der Waals surface area (Å²) in [5.74, 6) is 3.36. The Kier molecular flexibility index (Phi) is 10.5.